The monoisotopic (exact) mass is 331 g/mol. The largest absolute Gasteiger partial charge is 0.435 e. The normalized spacial score (nSPS) is 11.4. The number of carbonyl (C=O) groups is 1. The van der Waals surface area contributed by atoms with Gasteiger partial charge < -0.3 is 10.1 Å². The Morgan fingerprint density at radius 3 is 2.26 bits per heavy atom. The Labute approximate surface area is 127 Å². The Morgan fingerprint density at radius 2 is 1.70 bits per heavy atom. The Bertz CT molecular complexity index is 683. The summed E-state index contributed by atoms with van der Waals surface area (Å²) in [4.78, 5) is 12.0. The maximum atomic E-state index is 12.4. The van der Waals surface area contributed by atoms with E-state index in [0.29, 0.717) is 0 Å². The first-order valence-electron chi connectivity index (χ1n) is 6.29. The number of ether oxygens (including phenoxy) is 1. The molecule has 23 heavy (non-hydrogen) atoms. The molecule has 0 aliphatic carbocycles. The molecule has 2 aromatic rings. The van der Waals surface area contributed by atoms with E-state index in [1.54, 1.807) is 0 Å². The van der Waals surface area contributed by atoms with Crippen LogP contribution in [-0.4, -0.2) is 12.5 Å². The van der Waals surface area contributed by atoms with Gasteiger partial charge in [0.1, 0.15) is 5.75 Å². The summed E-state index contributed by atoms with van der Waals surface area (Å²) in [7, 11) is 0. The number of amides is 1. The van der Waals surface area contributed by atoms with Gasteiger partial charge in [0.15, 0.2) is 0 Å². The summed E-state index contributed by atoms with van der Waals surface area (Å²) in [5.74, 6) is -0.857. The third-order valence-electron chi connectivity index (χ3n) is 2.79. The lowest BCUT2D eigenvalue weighted by Crippen LogP contribution is -2.13. The molecular weight excluding hydrogens is 321 g/mol. The first kappa shape index (κ1) is 16.7. The summed E-state index contributed by atoms with van der Waals surface area (Å²) in [6.45, 7) is -3.02. The van der Waals surface area contributed by atoms with Gasteiger partial charge in [0.05, 0.1) is 5.56 Å². The van der Waals surface area contributed by atoms with Gasteiger partial charge in [-0.1, -0.05) is 6.07 Å². The van der Waals surface area contributed by atoms with E-state index in [0.717, 1.165) is 30.3 Å². The average Bonchev–Trinajstić information content (AvgIpc) is 2.46. The fourth-order valence-electron chi connectivity index (χ4n) is 1.76. The van der Waals surface area contributed by atoms with Crippen molar-refractivity contribution in [2.75, 3.05) is 5.32 Å². The molecule has 0 aromatic heterocycles. The van der Waals surface area contributed by atoms with Crippen LogP contribution in [0.15, 0.2) is 48.5 Å². The summed E-state index contributed by atoms with van der Waals surface area (Å²) in [5, 5.41) is 2.37. The van der Waals surface area contributed by atoms with Gasteiger partial charge in [-0.05, 0) is 42.5 Å². The van der Waals surface area contributed by atoms with Crippen molar-refractivity contribution in [3.8, 4) is 5.75 Å². The SMILES string of the molecule is O=C(Nc1ccc(C(F)(F)F)cc1)c1cccc(OC(F)F)c1. The van der Waals surface area contributed by atoms with Crippen LogP contribution in [0.5, 0.6) is 5.75 Å². The number of anilines is 1. The first-order chi connectivity index (χ1) is 10.8. The molecule has 2 aromatic carbocycles. The molecule has 3 nitrogen and oxygen atoms in total. The lowest BCUT2D eigenvalue weighted by Gasteiger charge is -2.10. The molecule has 0 aliphatic heterocycles. The number of nitrogens with one attached hydrogen (secondary N) is 1. The molecule has 0 radical (unpaired) electrons. The van der Waals surface area contributed by atoms with E-state index in [2.05, 4.69) is 10.1 Å². The van der Waals surface area contributed by atoms with Crippen LogP contribution in [-0.2, 0) is 6.18 Å². The fourth-order valence-corrected chi connectivity index (χ4v) is 1.76. The fraction of sp³-hybridized carbons (Fsp3) is 0.133. The third kappa shape index (κ3) is 4.67. The third-order valence-corrected chi connectivity index (χ3v) is 2.79. The zero-order valence-corrected chi connectivity index (χ0v) is 11.4. The van der Waals surface area contributed by atoms with Crippen LogP contribution in [0.4, 0.5) is 27.6 Å². The quantitative estimate of drug-likeness (QED) is 0.834. The standard InChI is InChI=1S/C15H10F5NO2/c16-14(17)23-12-3-1-2-9(8-12)13(22)21-11-6-4-10(5-7-11)15(18,19)20/h1-8,14H,(H,21,22). The van der Waals surface area contributed by atoms with E-state index >= 15 is 0 Å². The van der Waals surface area contributed by atoms with Crippen molar-refractivity contribution in [3.05, 3.63) is 59.7 Å². The second-order valence-electron chi connectivity index (χ2n) is 4.44. The van der Waals surface area contributed by atoms with Gasteiger partial charge in [0.25, 0.3) is 5.91 Å². The lowest BCUT2D eigenvalue weighted by molar-refractivity contribution is -0.137. The Balaban J connectivity index is 2.10. The summed E-state index contributed by atoms with van der Waals surface area (Å²) in [6, 6.07) is 8.90. The van der Waals surface area contributed by atoms with Gasteiger partial charge in [0.2, 0.25) is 0 Å². The average molecular weight is 331 g/mol. The van der Waals surface area contributed by atoms with Crippen LogP contribution in [0.3, 0.4) is 0 Å². The number of benzene rings is 2. The van der Waals surface area contributed by atoms with E-state index in [-0.39, 0.29) is 17.0 Å². The molecule has 0 aliphatic rings. The molecule has 0 saturated heterocycles. The number of carbonyl (C=O) groups excluding carboxylic acids is 1. The second kappa shape index (κ2) is 6.64. The van der Waals surface area contributed by atoms with Crippen molar-refractivity contribution in [2.24, 2.45) is 0 Å². The molecule has 0 unspecified atom stereocenters. The zero-order chi connectivity index (χ0) is 17.0. The van der Waals surface area contributed by atoms with Gasteiger partial charge in [-0.2, -0.15) is 22.0 Å². The van der Waals surface area contributed by atoms with E-state index in [4.69, 9.17) is 0 Å². The van der Waals surface area contributed by atoms with Crippen molar-refractivity contribution < 1.29 is 31.5 Å². The maximum absolute atomic E-state index is 12.4. The number of rotatable bonds is 4. The topological polar surface area (TPSA) is 38.3 Å². The molecule has 0 bridgehead atoms. The minimum Gasteiger partial charge on any atom is -0.435 e. The van der Waals surface area contributed by atoms with Crippen molar-refractivity contribution in [2.45, 2.75) is 12.8 Å². The van der Waals surface area contributed by atoms with Crippen molar-refractivity contribution in [1.82, 2.24) is 0 Å². The van der Waals surface area contributed by atoms with Crippen LogP contribution in [0.2, 0.25) is 0 Å². The van der Waals surface area contributed by atoms with Crippen molar-refractivity contribution in [1.29, 1.82) is 0 Å². The van der Waals surface area contributed by atoms with E-state index in [9.17, 15) is 26.7 Å². The maximum Gasteiger partial charge on any atom is 0.416 e. The molecule has 1 N–H and O–H groups in total. The Morgan fingerprint density at radius 1 is 1.04 bits per heavy atom. The molecule has 0 heterocycles. The highest BCUT2D eigenvalue weighted by molar-refractivity contribution is 6.04. The van der Waals surface area contributed by atoms with Crippen LogP contribution in [0, 0.1) is 0 Å². The van der Waals surface area contributed by atoms with E-state index < -0.39 is 24.3 Å². The van der Waals surface area contributed by atoms with Crippen LogP contribution >= 0.6 is 0 Å². The van der Waals surface area contributed by atoms with Gasteiger partial charge in [-0.15, -0.1) is 0 Å². The summed E-state index contributed by atoms with van der Waals surface area (Å²) in [6.07, 6.45) is -4.47. The van der Waals surface area contributed by atoms with Crippen LogP contribution < -0.4 is 10.1 Å². The minimum absolute atomic E-state index is 0.0306. The molecule has 2 rings (SSSR count). The smallest absolute Gasteiger partial charge is 0.416 e. The van der Waals surface area contributed by atoms with E-state index in [1.165, 1.54) is 18.2 Å². The Kier molecular flexibility index (Phi) is 4.83. The molecule has 1 amide bonds. The number of hydrogen-bond donors (Lipinski definition) is 1. The molecule has 0 saturated carbocycles. The summed E-state index contributed by atoms with van der Waals surface area (Å²) >= 11 is 0. The van der Waals surface area contributed by atoms with Crippen LogP contribution in [0.25, 0.3) is 0 Å². The zero-order valence-electron chi connectivity index (χ0n) is 11.4. The number of alkyl halides is 5. The first-order valence-corrected chi connectivity index (χ1v) is 6.29. The number of hydrogen-bond acceptors (Lipinski definition) is 2. The van der Waals surface area contributed by atoms with Crippen molar-refractivity contribution in [3.63, 3.8) is 0 Å². The van der Waals surface area contributed by atoms with E-state index in [1.807, 2.05) is 0 Å². The summed E-state index contributed by atoms with van der Waals surface area (Å²) < 4.78 is 65.7. The van der Waals surface area contributed by atoms with Gasteiger partial charge >= 0.3 is 12.8 Å². The van der Waals surface area contributed by atoms with Crippen molar-refractivity contribution >= 4 is 11.6 Å². The van der Waals surface area contributed by atoms with Crippen LogP contribution in [0.1, 0.15) is 15.9 Å². The Hall–Kier alpha value is -2.64. The summed E-state index contributed by atoms with van der Waals surface area (Å²) in [5.41, 5.74) is -0.672. The predicted octanol–water partition coefficient (Wildman–Crippen LogP) is 4.56. The molecule has 8 heteroatoms. The molecule has 0 fully saturated rings. The predicted molar refractivity (Wildman–Crippen MR) is 72.5 cm³/mol. The van der Waals surface area contributed by atoms with Gasteiger partial charge in [-0.3, -0.25) is 4.79 Å². The second-order valence-corrected chi connectivity index (χ2v) is 4.44. The molecular formula is C15H10F5NO2. The highest BCUT2D eigenvalue weighted by Crippen LogP contribution is 2.29. The molecule has 0 spiro atoms. The van der Waals surface area contributed by atoms with Gasteiger partial charge in [-0.25, -0.2) is 0 Å². The molecule has 0 atom stereocenters. The number of halogens is 5. The minimum atomic E-state index is -4.47. The lowest BCUT2D eigenvalue weighted by atomic mass is 10.1. The highest BCUT2D eigenvalue weighted by Gasteiger charge is 2.30. The highest BCUT2D eigenvalue weighted by atomic mass is 19.4. The molecule has 122 valence electrons. The van der Waals surface area contributed by atoms with Gasteiger partial charge in [0, 0.05) is 11.3 Å².